The van der Waals surface area contributed by atoms with Crippen molar-refractivity contribution in [3.63, 3.8) is 0 Å². The van der Waals surface area contributed by atoms with E-state index in [9.17, 15) is 0 Å². The van der Waals surface area contributed by atoms with Gasteiger partial charge in [-0.2, -0.15) is 0 Å². The van der Waals surface area contributed by atoms with Crippen LogP contribution in [0.15, 0.2) is 60.2 Å². The van der Waals surface area contributed by atoms with E-state index >= 15 is 0 Å². The van der Waals surface area contributed by atoms with Crippen LogP contribution in [0.1, 0.15) is 23.5 Å². The molecule has 0 unspecified atom stereocenters. The zero-order chi connectivity index (χ0) is 11.9. The van der Waals surface area contributed by atoms with Gasteiger partial charge in [0, 0.05) is 11.5 Å². The van der Waals surface area contributed by atoms with Crippen LogP contribution in [0, 0.1) is 0 Å². The number of rotatable bonds is 1. The summed E-state index contributed by atoms with van der Waals surface area (Å²) in [4.78, 5) is 0. The van der Waals surface area contributed by atoms with Crippen LogP contribution in [0.25, 0.3) is 6.08 Å². The fraction of sp³-hybridized carbons (Fsp3) is 0.176. The first-order valence-corrected chi connectivity index (χ1v) is 6.43. The second kappa shape index (κ2) is 3.74. The van der Waals surface area contributed by atoms with E-state index in [1.54, 1.807) is 0 Å². The Kier molecular flexibility index (Phi) is 2.07. The Labute approximate surface area is 107 Å². The lowest BCUT2D eigenvalue weighted by atomic mass is 9.71. The molecule has 1 aliphatic carbocycles. The minimum absolute atomic E-state index is 0.252. The summed E-state index contributed by atoms with van der Waals surface area (Å²) < 4.78 is 6.13. The lowest BCUT2D eigenvalue weighted by molar-refractivity contribution is 0.150. The molecule has 2 aliphatic rings. The summed E-state index contributed by atoms with van der Waals surface area (Å²) in [6, 6.07) is 19.0. The van der Waals surface area contributed by atoms with Crippen LogP contribution in [0.4, 0.5) is 0 Å². The summed E-state index contributed by atoms with van der Waals surface area (Å²) >= 11 is 0. The molecule has 0 saturated heterocycles. The van der Waals surface area contributed by atoms with Gasteiger partial charge in [0.1, 0.15) is 11.9 Å². The molecular weight excluding hydrogens is 220 g/mol. The average Bonchev–Trinajstić information content (AvgIpc) is 2.42. The monoisotopic (exact) mass is 234 g/mol. The Morgan fingerprint density at radius 2 is 1.67 bits per heavy atom. The van der Waals surface area contributed by atoms with Gasteiger partial charge >= 0.3 is 0 Å². The summed E-state index contributed by atoms with van der Waals surface area (Å²) in [7, 11) is 0. The average molecular weight is 234 g/mol. The van der Waals surface area contributed by atoms with E-state index < -0.39 is 0 Å². The summed E-state index contributed by atoms with van der Waals surface area (Å²) in [5.74, 6) is 1.54. The Morgan fingerprint density at radius 3 is 2.56 bits per heavy atom. The van der Waals surface area contributed by atoms with E-state index in [0.717, 1.165) is 12.2 Å². The molecule has 1 heterocycles. The maximum absolute atomic E-state index is 6.13. The summed E-state index contributed by atoms with van der Waals surface area (Å²) in [5.41, 5.74) is 4.04. The van der Waals surface area contributed by atoms with E-state index in [2.05, 4.69) is 54.6 Å². The predicted molar refractivity (Wildman–Crippen MR) is 72.6 cm³/mol. The van der Waals surface area contributed by atoms with Gasteiger partial charge in [0.05, 0.1) is 0 Å². The molecular formula is C17H14O. The van der Waals surface area contributed by atoms with Crippen molar-refractivity contribution in [2.75, 3.05) is 0 Å². The summed E-state index contributed by atoms with van der Waals surface area (Å²) in [5, 5.41) is 0. The first kappa shape index (κ1) is 9.95. The molecule has 2 atom stereocenters. The van der Waals surface area contributed by atoms with Crippen LogP contribution in [-0.4, -0.2) is 6.10 Å². The Morgan fingerprint density at radius 1 is 0.889 bits per heavy atom. The van der Waals surface area contributed by atoms with Crippen LogP contribution >= 0.6 is 0 Å². The summed E-state index contributed by atoms with van der Waals surface area (Å²) in [6.45, 7) is 0. The normalized spacial score (nSPS) is 24.1. The van der Waals surface area contributed by atoms with Gasteiger partial charge in [-0.3, -0.25) is 0 Å². The molecule has 0 bridgehead atoms. The highest BCUT2D eigenvalue weighted by Gasteiger charge is 2.40. The van der Waals surface area contributed by atoms with Gasteiger partial charge < -0.3 is 4.74 Å². The zero-order valence-corrected chi connectivity index (χ0v) is 10.0. The molecule has 88 valence electrons. The minimum atomic E-state index is 0.252. The first-order valence-electron chi connectivity index (χ1n) is 6.43. The molecule has 4 rings (SSSR count). The lowest BCUT2D eigenvalue weighted by Gasteiger charge is -2.42. The van der Waals surface area contributed by atoms with Crippen molar-refractivity contribution in [3.8, 4) is 5.75 Å². The third kappa shape index (κ3) is 1.40. The number of fused-ring (bicyclic) bond motifs is 2. The van der Waals surface area contributed by atoms with Gasteiger partial charge in [0.2, 0.25) is 0 Å². The molecule has 0 amide bonds. The topological polar surface area (TPSA) is 9.23 Å². The van der Waals surface area contributed by atoms with Gasteiger partial charge in [-0.15, -0.1) is 0 Å². The minimum Gasteiger partial charge on any atom is -0.485 e. The number of ether oxygens (including phenoxy) is 1. The molecule has 2 aromatic rings. The molecule has 1 heteroatoms. The highest BCUT2D eigenvalue weighted by molar-refractivity contribution is 5.66. The van der Waals surface area contributed by atoms with Crippen molar-refractivity contribution in [1.82, 2.24) is 0 Å². The molecule has 0 spiro atoms. The second-order valence-corrected chi connectivity index (χ2v) is 5.02. The third-order valence-corrected chi connectivity index (χ3v) is 3.93. The number of benzene rings is 2. The molecule has 1 nitrogen and oxygen atoms in total. The highest BCUT2D eigenvalue weighted by atomic mass is 16.5. The van der Waals surface area contributed by atoms with Crippen molar-refractivity contribution in [2.24, 2.45) is 0 Å². The predicted octanol–water partition coefficient (Wildman–Crippen LogP) is 4.02. The standard InChI is InChI=1S/C17H14O/c1-2-6-12(7-3-1)15-11-14-10-13-8-4-5-9-16(13)18-17(14)15/h1-10,15,17H,11H2/t15-,17+/m0/s1. The maximum atomic E-state index is 6.13. The smallest absolute Gasteiger partial charge is 0.127 e. The van der Waals surface area contributed by atoms with E-state index in [-0.39, 0.29) is 6.10 Å². The summed E-state index contributed by atoms with van der Waals surface area (Å²) in [6.07, 6.45) is 3.67. The molecule has 2 aromatic carbocycles. The van der Waals surface area contributed by atoms with Crippen LogP contribution < -0.4 is 4.74 Å². The molecule has 1 aliphatic heterocycles. The third-order valence-electron chi connectivity index (χ3n) is 3.93. The Hall–Kier alpha value is -2.02. The van der Waals surface area contributed by atoms with Gasteiger partial charge in [0.25, 0.3) is 0 Å². The van der Waals surface area contributed by atoms with Gasteiger partial charge in [-0.05, 0) is 29.7 Å². The number of para-hydroxylation sites is 1. The van der Waals surface area contributed by atoms with Crippen molar-refractivity contribution >= 4 is 6.08 Å². The Bertz CT molecular complexity index is 613. The maximum Gasteiger partial charge on any atom is 0.127 e. The van der Waals surface area contributed by atoms with Crippen molar-refractivity contribution in [1.29, 1.82) is 0 Å². The van der Waals surface area contributed by atoms with Crippen molar-refractivity contribution < 1.29 is 4.74 Å². The molecule has 18 heavy (non-hydrogen) atoms. The fourth-order valence-corrected chi connectivity index (χ4v) is 2.91. The van der Waals surface area contributed by atoms with Crippen LogP contribution in [-0.2, 0) is 0 Å². The van der Waals surface area contributed by atoms with Gasteiger partial charge in [-0.25, -0.2) is 0 Å². The van der Waals surface area contributed by atoms with Crippen LogP contribution in [0.2, 0.25) is 0 Å². The van der Waals surface area contributed by atoms with E-state index in [0.29, 0.717) is 5.92 Å². The quantitative estimate of drug-likeness (QED) is 0.724. The second-order valence-electron chi connectivity index (χ2n) is 5.02. The Balaban J connectivity index is 1.67. The van der Waals surface area contributed by atoms with Crippen molar-refractivity contribution in [3.05, 3.63) is 71.3 Å². The fourth-order valence-electron chi connectivity index (χ4n) is 2.91. The molecule has 1 fully saturated rings. The van der Waals surface area contributed by atoms with Crippen LogP contribution in [0.5, 0.6) is 5.75 Å². The van der Waals surface area contributed by atoms with E-state index in [1.807, 2.05) is 6.07 Å². The molecule has 1 saturated carbocycles. The van der Waals surface area contributed by atoms with Gasteiger partial charge in [-0.1, -0.05) is 48.5 Å². The molecule has 0 radical (unpaired) electrons. The van der Waals surface area contributed by atoms with E-state index in [1.165, 1.54) is 16.7 Å². The number of hydrogen-bond acceptors (Lipinski definition) is 1. The highest BCUT2D eigenvalue weighted by Crippen LogP contribution is 2.48. The van der Waals surface area contributed by atoms with Gasteiger partial charge in [0.15, 0.2) is 0 Å². The zero-order valence-electron chi connectivity index (χ0n) is 10.0. The van der Waals surface area contributed by atoms with E-state index in [4.69, 9.17) is 4.74 Å². The molecule has 0 aromatic heterocycles. The van der Waals surface area contributed by atoms with Crippen molar-refractivity contribution in [2.45, 2.75) is 18.4 Å². The lowest BCUT2D eigenvalue weighted by Crippen LogP contribution is -2.39. The SMILES string of the molecule is C1=C2C[C@@H](c3ccccc3)[C@@H]2Oc2ccccc21. The first-order chi connectivity index (χ1) is 8.92. The number of hydrogen-bond donors (Lipinski definition) is 0. The largest absolute Gasteiger partial charge is 0.485 e. The molecule has 0 N–H and O–H groups in total. The van der Waals surface area contributed by atoms with Crippen LogP contribution in [0.3, 0.4) is 0 Å².